The van der Waals surface area contributed by atoms with Crippen molar-refractivity contribution in [3.05, 3.63) is 11.6 Å². The monoisotopic (exact) mass is 284 g/mol. The van der Waals surface area contributed by atoms with Gasteiger partial charge < -0.3 is 10.2 Å². The molecular weight excluding hydrogens is 260 g/mol. The highest BCUT2D eigenvalue weighted by Gasteiger charge is 2.55. The van der Waals surface area contributed by atoms with Crippen LogP contribution in [0.2, 0.25) is 0 Å². The Kier molecular flexibility index (Phi) is 3.62. The Labute approximate surface area is 119 Å². The van der Waals surface area contributed by atoms with Crippen molar-refractivity contribution >= 4 is 5.78 Å². The zero-order chi connectivity index (χ0) is 15.3. The molecule has 3 N–H and O–H groups in total. The molecule has 4 unspecified atom stereocenters. The number of fused-ring (bicyclic) bond motifs is 1. The van der Waals surface area contributed by atoms with Crippen LogP contribution in [-0.4, -0.2) is 38.6 Å². The number of ketones is 1. The molecule has 0 aromatic carbocycles. The lowest BCUT2D eigenvalue weighted by Gasteiger charge is -2.53. The highest BCUT2D eigenvalue weighted by Crippen LogP contribution is 2.53. The molecule has 20 heavy (non-hydrogen) atoms. The van der Waals surface area contributed by atoms with Crippen molar-refractivity contribution in [3.63, 3.8) is 0 Å². The molecule has 5 nitrogen and oxygen atoms in total. The van der Waals surface area contributed by atoms with E-state index in [1.54, 1.807) is 26.8 Å². The Morgan fingerprint density at radius 1 is 1.40 bits per heavy atom. The summed E-state index contributed by atoms with van der Waals surface area (Å²) in [6, 6.07) is 0. The van der Waals surface area contributed by atoms with Crippen LogP contribution in [-0.2, 0) is 9.68 Å². The number of hydrogen-bond acceptors (Lipinski definition) is 5. The summed E-state index contributed by atoms with van der Waals surface area (Å²) in [7, 11) is 0. The van der Waals surface area contributed by atoms with Gasteiger partial charge in [0.2, 0.25) is 0 Å². The van der Waals surface area contributed by atoms with E-state index in [-0.39, 0.29) is 17.1 Å². The number of carbonyl (C=O) groups excluding carboxylic acids is 1. The highest BCUT2D eigenvalue weighted by atomic mass is 17.1. The van der Waals surface area contributed by atoms with Crippen molar-refractivity contribution in [1.82, 2.24) is 0 Å². The predicted molar refractivity (Wildman–Crippen MR) is 73.0 cm³/mol. The molecule has 2 rings (SSSR count). The third-order valence-corrected chi connectivity index (χ3v) is 5.12. The fourth-order valence-corrected chi connectivity index (χ4v) is 3.70. The summed E-state index contributed by atoms with van der Waals surface area (Å²) in [5, 5.41) is 29.7. The molecular formula is C15H24O5. The maximum absolute atomic E-state index is 12.3. The van der Waals surface area contributed by atoms with E-state index in [0.29, 0.717) is 24.8 Å². The Morgan fingerprint density at radius 3 is 2.55 bits per heavy atom. The summed E-state index contributed by atoms with van der Waals surface area (Å²) < 4.78 is 0. The van der Waals surface area contributed by atoms with Crippen molar-refractivity contribution in [2.75, 3.05) is 0 Å². The number of Topliss-reactive ketones (excluding diaryl/α,β-unsaturated/α-hetero) is 1. The number of hydrogen-bond donors (Lipinski definition) is 3. The minimum Gasteiger partial charge on any atom is -0.390 e. The van der Waals surface area contributed by atoms with Crippen LogP contribution in [0.3, 0.4) is 0 Å². The molecule has 5 heteroatoms. The smallest absolute Gasteiger partial charge is 0.162 e. The van der Waals surface area contributed by atoms with Gasteiger partial charge in [0.25, 0.3) is 0 Å². The third-order valence-electron chi connectivity index (χ3n) is 5.12. The summed E-state index contributed by atoms with van der Waals surface area (Å²) >= 11 is 0. The van der Waals surface area contributed by atoms with Crippen LogP contribution in [0.5, 0.6) is 0 Å². The normalized spacial score (nSPS) is 42.1. The van der Waals surface area contributed by atoms with Crippen LogP contribution in [0.1, 0.15) is 47.0 Å². The summed E-state index contributed by atoms with van der Waals surface area (Å²) in [6.07, 6.45) is 2.33. The van der Waals surface area contributed by atoms with Crippen LogP contribution >= 0.6 is 0 Å². The van der Waals surface area contributed by atoms with Crippen molar-refractivity contribution < 1.29 is 25.2 Å². The number of aliphatic hydroxyl groups is 2. The first-order valence-electron chi connectivity index (χ1n) is 7.03. The van der Waals surface area contributed by atoms with Crippen LogP contribution in [0.4, 0.5) is 0 Å². The second-order valence-electron chi connectivity index (χ2n) is 7.19. The average Bonchev–Trinajstić information content (AvgIpc) is 2.33. The van der Waals surface area contributed by atoms with Gasteiger partial charge in [0.1, 0.15) is 5.60 Å². The molecule has 0 aromatic rings. The van der Waals surface area contributed by atoms with E-state index in [1.165, 1.54) is 0 Å². The van der Waals surface area contributed by atoms with E-state index in [2.05, 4.69) is 4.89 Å². The van der Waals surface area contributed by atoms with Gasteiger partial charge in [0.15, 0.2) is 5.78 Å². The largest absolute Gasteiger partial charge is 0.390 e. The SMILES string of the molecule is CC(C)(OO)C1=CC2C(C)(CCC(O)C2(C)O)CC1=O. The molecule has 0 aromatic heterocycles. The molecule has 2 aliphatic rings. The van der Waals surface area contributed by atoms with E-state index >= 15 is 0 Å². The third kappa shape index (κ3) is 2.22. The van der Waals surface area contributed by atoms with Crippen molar-refractivity contribution in [1.29, 1.82) is 0 Å². The Balaban J connectivity index is 2.50. The summed E-state index contributed by atoms with van der Waals surface area (Å²) in [6.45, 7) is 6.78. The quantitative estimate of drug-likeness (QED) is 0.530. The maximum Gasteiger partial charge on any atom is 0.162 e. The molecule has 114 valence electrons. The second kappa shape index (κ2) is 4.63. The molecule has 0 amide bonds. The van der Waals surface area contributed by atoms with Gasteiger partial charge in [0, 0.05) is 17.9 Å². The highest BCUT2D eigenvalue weighted by molar-refractivity contribution is 5.98. The molecule has 0 radical (unpaired) electrons. The molecule has 0 bridgehead atoms. The van der Waals surface area contributed by atoms with Crippen molar-refractivity contribution in [3.8, 4) is 0 Å². The maximum atomic E-state index is 12.3. The summed E-state index contributed by atoms with van der Waals surface area (Å²) in [5.41, 5.74) is -2.41. The Morgan fingerprint density at radius 2 is 2.00 bits per heavy atom. The lowest BCUT2D eigenvalue weighted by atomic mass is 9.54. The lowest BCUT2D eigenvalue weighted by molar-refractivity contribution is -0.300. The molecule has 2 aliphatic carbocycles. The van der Waals surface area contributed by atoms with E-state index in [0.717, 1.165) is 0 Å². The Hall–Kier alpha value is -0.750. The fraction of sp³-hybridized carbons (Fsp3) is 0.800. The molecule has 0 spiro atoms. The summed E-state index contributed by atoms with van der Waals surface area (Å²) in [5.74, 6) is -0.420. The van der Waals surface area contributed by atoms with Crippen LogP contribution in [0.25, 0.3) is 0 Å². The van der Waals surface area contributed by atoms with E-state index < -0.39 is 17.3 Å². The van der Waals surface area contributed by atoms with E-state index in [9.17, 15) is 15.0 Å². The van der Waals surface area contributed by atoms with Crippen molar-refractivity contribution in [2.45, 2.75) is 64.3 Å². The molecule has 4 atom stereocenters. The van der Waals surface area contributed by atoms with E-state index in [4.69, 9.17) is 5.26 Å². The lowest BCUT2D eigenvalue weighted by Crippen LogP contribution is -2.58. The number of rotatable bonds is 2. The van der Waals surface area contributed by atoms with Gasteiger partial charge in [-0.1, -0.05) is 13.0 Å². The minimum atomic E-state index is -1.29. The molecule has 0 aliphatic heterocycles. The average molecular weight is 284 g/mol. The molecule has 0 heterocycles. The fourth-order valence-electron chi connectivity index (χ4n) is 3.70. The molecule has 1 saturated carbocycles. The van der Waals surface area contributed by atoms with Gasteiger partial charge in [-0.25, -0.2) is 4.89 Å². The summed E-state index contributed by atoms with van der Waals surface area (Å²) in [4.78, 5) is 16.8. The zero-order valence-corrected chi connectivity index (χ0v) is 12.5. The van der Waals surface area contributed by atoms with Gasteiger partial charge in [-0.3, -0.25) is 10.1 Å². The second-order valence-corrected chi connectivity index (χ2v) is 7.19. The van der Waals surface area contributed by atoms with Gasteiger partial charge in [-0.05, 0) is 39.0 Å². The van der Waals surface area contributed by atoms with Crippen molar-refractivity contribution in [2.24, 2.45) is 11.3 Å². The first kappa shape index (κ1) is 15.6. The van der Waals surface area contributed by atoms with Gasteiger partial charge >= 0.3 is 0 Å². The topological polar surface area (TPSA) is 87.0 Å². The molecule has 1 fully saturated rings. The first-order valence-corrected chi connectivity index (χ1v) is 7.03. The number of carbonyl (C=O) groups is 1. The van der Waals surface area contributed by atoms with Gasteiger partial charge in [-0.2, -0.15) is 0 Å². The minimum absolute atomic E-state index is 0.0741. The zero-order valence-electron chi connectivity index (χ0n) is 12.5. The number of aliphatic hydroxyl groups excluding tert-OH is 1. The van der Waals surface area contributed by atoms with Gasteiger partial charge in [0.05, 0.1) is 11.7 Å². The standard InChI is InChI=1S/C15H24O5/c1-13(2,20-19)9-7-11-14(3,8-10(9)16)6-5-12(17)15(11,4)18/h7,11-12,17-19H,5-6,8H2,1-4H3. The van der Waals surface area contributed by atoms with Crippen LogP contribution in [0.15, 0.2) is 11.6 Å². The van der Waals surface area contributed by atoms with E-state index in [1.807, 2.05) is 6.92 Å². The van der Waals surface area contributed by atoms with Crippen LogP contribution in [0, 0.1) is 11.3 Å². The Bertz CT molecular complexity index is 451. The van der Waals surface area contributed by atoms with Crippen LogP contribution < -0.4 is 0 Å². The first-order chi connectivity index (χ1) is 9.04. The van der Waals surface area contributed by atoms with Gasteiger partial charge in [-0.15, -0.1) is 0 Å². The molecule has 0 saturated heterocycles. The predicted octanol–water partition coefficient (Wildman–Crippen LogP) is 1.68.